The summed E-state index contributed by atoms with van der Waals surface area (Å²) in [4.78, 5) is 4.83. The first-order chi connectivity index (χ1) is 17.0. The van der Waals surface area contributed by atoms with Crippen molar-refractivity contribution in [2.45, 2.75) is 18.7 Å². The maximum absolute atomic E-state index is 12.7. The van der Waals surface area contributed by atoms with Gasteiger partial charge in [0.15, 0.2) is 0 Å². The summed E-state index contributed by atoms with van der Waals surface area (Å²) in [6.45, 7) is 4.53. The van der Waals surface area contributed by atoms with Gasteiger partial charge in [-0.1, -0.05) is 56.3 Å². The zero-order valence-electron chi connectivity index (χ0n) is 19.5. The molecule has 1 aromatic heterocycles. The van der Waals surface area contributed by atoms with Gasteiger partial charge >= 0.3 is 0 Å². The minimum Gasteiger partial charge on any atom is -0.457 e. The average molecular weight is 507 g/mol. The van der Waals surface area contributed by atoms with Gasteiger partial charge in [0.25, 0.3) is 0 Å². The van der Waals surface area contributed by atoms with Crippen molar-refractivity contribution in [3.05, 3.63) is 89.8 Å². The minimum atomic E-state index is -3.48. The molecule has 0 aliphatic rings. The maximum Gasteiger partial charge on any atom is 0.243 e. The fraction of sp³-hybridized carbons (Fsp3) is 0.154. The first kappa shape index (κ1) is 24.6. The Bertz CT molecular complexity index is 1380. The van der Waals surface area contributed by atoms with Crippen LogP contribution in [0.4, 0.5) is 5.13 Å². The van der Waals surface area contributed by atoms with Gasteiger partial charge in [-0.15, -0.1) is 11.3 Å². The third kappa shape index (κ3) is 6.13. The number of hydrogen-bond acceptors (Lipinski definition) is 7. The van der Waals surface area contributed by atoms with Crippen molar-refractivity contribution in [3.63, 3.8) is 0 Å². The fourth-order valence-electron chi connectivity index (χ4n) is 3.41. The van der Waals surface area contributed by atoms with Crippen molar-refractivity contribution >= 4 is 32.7 Å². The number of para-hydroxylation sites is 1. The molecule has 0 aliphatic carbocycles. The molecule has 1 heterocycles. The summed E-state index contributed by atoms with van der Waals surface area (Å²) in [5, 5.41) is 6.82. The van der Waals surface area contributed by atoms with E-state index in [2.05, 4.69) is 15.5 Å². The SMILES string of the molecule is CCN(CC)S(=O)(=O)c1ccc(-c2csc(NN=Cc3cccc(Oc4ccccc4)c3)n2)cc1. The van der Waals surface area contributed by atoms with Gasteiger partial charge in [-0.2, -0.15) is 9.41 Å². The van der Waals surface area contributed by atoms with Crippen LogP contribution in [0.2, 0.25) is 0 Å². The van der Waals surface area contributed by atoms with E-state index in [0.717, 1.165) is 28.3 Å². The molecule has 1 N–H and O–H groups in total. The van der Waals surface area contributed by atoms with Crippen LogP contribution in [0, 0.1) is 0 Å². The summed E-state index contributed by atoms with van der Waals surface area (Å²) in [6.07, 6.45) is 1.70. The molecule has 0 spiro atoms. The van der Waals surface area contributed by atoms with Crippen LogP contribution in [0.1, 0.15) is 19.4 Å². The van der Waals surface area contributed by atoms with Crippen molar-refractivity contribution in [1.29, 1.82) is 0 Å². The minimum absolute atomic E-state index is 0.279. The highest BCUT2D eigenvalue weighted by Crippen LogP contribution is 2.27. The van der Waals surface area contributed by atoms with E-state index in [4.69, 9.17) is 4.74 Å². The normalized spacial score (nSPS) is 11.7. The van der Waals surface area contributed by atoms with Crippen LogP contribution in [0.25, 0.3) is 11.3 Å². The van der Waals surface area contributed by atoms with E-state index in [9.17, 15) is 8.42 Å². The standard InChI is InChI=1S/C26H26N4O3S2/c1-3-30(4-2)35(31,32)24-15-13-21(14-16-24)25-19-34-26(28-25)29-27-18-20-9-8-12-23(17-20)33-22-10-6-5-7-11-22/h5-19H,3-4H2,1-2H3,(H,28,29). The van der Waals surface area contributed by atoms with Gasteiger partial charge in [0.1, 0.15) is 11.5 Å². The molecule has 0 bridgehead atoms. The Morgan fingerprint density at radius 3 is 2.40 bits per heavy atom. The van der Waals surface area contributed by atoms with Crippen molar-refractivity contribution < 1.29 is 13.2 Å². The van der Waals surface area contributed by atoms with E-state index >= 15 is 0 Å². The predicted octanol–water partition coefficient (Wildman–Crippen LogP) is 6.08. The van der Waals surface area contributed by atoms with Gasteiger partial charge in [-0.3, -0.25) is 5.43 Å². The average Bonchev–Trinajstić information content (AvgIpc) is 3.35. The lowest BCUT2D eigenvalue weighted by Crippen LogP contribution is -2.30. The summed E-state index contributed by atoms with van der Waals surface area (Å²) >= 11 is 1.42. The molecule has 0 fully saturated rings. The number of nitrogens with zero attached hydrogens (tertiary/aromatic N) is 3. The number of aromatic nitrogens is 1. The van der Waals surface area contributed by atoms with Crippen LogP contribution < -0.4 is 10.2 Å². The zero-order valence-corrected chi connectivity index (χ0v) is 21.1. The number of hydrogen-bond donors (Lipinski definition) is 1. The second-order valence-corrected chi connectivity index (χ2v) is 10.3. The van der Waals surface area contributed by atoms with Crippen molar-refractivity contribution in [2.75, 3.05) is 18.5 Å². The Morgan fingerprint density at radius 2 is 1.69 bits per heavy atom. The van der Waals surface area contributed by atoms with Crippen LogP contribution >= 0.6 is 11.3 Å². The molecule has 0 aliphatic heterocycles. The fourth-order valence-corrected chi connectivity index (χ4v) is 5.54. The number of rotatable bonds is 10. The third-order valence-corrected chi connectivity index (χ3v) is 8.02. The molecule has 35 heavy (non-hydrogen) atoms. The second kappa shape index (κ2) is 11.3. The first-order valence-electron chi connectivity index (χ1n) is 11.2. The van der Waals surface area contributed by atoms with Crippen LogP contribution in [-0.2, 0) is 10.0 Å². The number of benzene rings is 3. The lowest BCUT2D eigenvalue weighted by atomic mass is 10.2. The molecule has 4 aromatic rings. The highest BCUT2D eigenvalue weighted by Gasteiger charge is 2.21. The summed E-state index contributed by atoms with van der Waals surface area (Å²) in [5.41, 5.74) is 5.42. The van der Waals surface area contributed by atoms with Gasteiger partial charge in [-0.25, -0.2) is 13.4 Å². The van der Waals surface area contributed by atoms with Crippen molar-refractivity contribution in [2.24, 2.45) is 5.10 Å². The Labute approximate surface area is 209 Å². The quantitative estimate of drug-likeness (QED) is 0.208. The van der Waals surface area contributed by atoms with Gasteiger partial charge in [0.2, 0.25) is 15.2 Å². The molecule has 4 rings (SSSR count). The lowest BCUT2D eigenvalue weighted by molar-refractivity contribution is 0.445. The van der Waals surface area contributed by atoms with E-state index < -0.39 is 10.0 Å². The molecule has 0 saturated heterocycles. The highest BCUT2D eigenvalue weighted by atomic mass is 32.2. The topological polar surface area (TPSA) is 83.9 Å². The van der Waals surface area contributed by atoms with E-state index in [-0.39, 0.29) is 4.90 Å². The number of nitrogens with one attached hydrogen (secondary N) is 1. The lowest BCUT2D eigenvalue weighted by Gasteiger charge is -2.18. The van der Waals surface area contributed by atoms with Crippen LogP contribution in [-0.4, -0.2) is 37.0 Å². The number of anilines is 1. The Hall–Kier alpha value is -3.53. The van der Waals surface area contributed by atoms with E-state index in [1.807, 2.05) is 73.8 Å². The number of hydrazone groups is 1. The predicted molar refractivity (Wildman–Crippen MR) is 142 cm³/mol. The van der Waals surface area contributed by atoms with Gasteiger partial charge in [0.05, 0.1) is 16.8 Å². The smallest absolute Gasteiger partial charge is 0.243 e. The summed E-state index contributed by atoms with van der Waals surface area (Å²) in [5.74, 6) is 1.50. The summed E-state index contributed by atoms with van der Waals surface area (Å²) in [7, 11) is -3.48. The van der Waals surface area contributed by atoms with Crippen LogP contribution in [0.15, 0.2) is 94.2 Å². The van der Waals surface area contributed by atoms with Crippen molar-refractivity contribution in [3.8, 4) is 22.8 Å². The molecule has 0 unspecified atom stereocenters. The molecule has 0 radical (unpaired) electrons. The van der Waals surface area contributed by atoms with Crippen LogP contribution in [0.3, 0.4) is 0 Å². The summed E-state index contributed by atoms with van der Waals surface area (Å²) < 4.78 is 32.6. The Morgan fingerprint density at radius 1 is 0.971 bits per heavy atom. The third-order valence-electron chi connectivity index (χ3n) is 5.21. The Kier molecular flexibility index (Phi) is 7.91. The van der Waals surface area contributed by atoms with Gasteiger partial charge in [-0.05, 0) is 42.0 Å². The van der Waals surface area contributed by atoms with E-state index in [1.54, 1.807) is 30.5 Å². The Balaban J connectivity index is 1.39. The van der Waals surface area contributed by atoms with E-state index in [0.29, 0.717) is 18.2 Å². The molecular weight excluding hydrogens is 480 g/mol. The molecule has 3 aromatic carbocycles. The molecule has 9 heteroatoms. The molecular formula is C26H26N4O3S2. The number of ether oxygens (including phenoxy) is 1. The second-order valence-electron chi connectivity index (χ2n) is 7.51. The van der Waals surface area contributed by atoms with Gasteiger partial charge < -0.3 is 4.74 Å². The molecule has 0 atom stereocenters. The molecule has 180 valence electrons. The zero-order chi connectivity index (χ0) is 24.7. The molecule has 0 saturated carbocycles. The summed E-state index contributed by atoms with van der Waals surface area (Å²) in [6, 6.07) is 24.0. The monoisotopic (exact) mass is 506 g/mol. The number of thiazole rings is 1. The van der Waals surface area contributed by atoms with Gasteiger partial charge in [0, 0.05) is 24.0 Å². The first-order valence-corrected chi connectivity index (χ1v) is 13.5. The highest BCUT2D eigenvalue weighted by molar-refractivity contribution is 7.89. The number of sulfonamides is 1. The largest absolute Gasteiger partial charge is 0.457 e. The molecule has 7 nitrogen and oxygen atoms in total. The molecule has 0 amide bonds. The van der Waals surface area contributed by atoms with Crippen molar-refractivity contribution in [1.82, 2.24) is 9.29 Å². The van der Waals surface area contributed by atoms with E-state index in [1.165, 1.54) is 15.6 Å². The maximum atomic E-state index is 12.7. The van der Waals surface area contributed by atoms with Crippen LogP contribution in [0.5, 0.6) is 11.5 Å².